The van der Waals surface area contributed by atoms with Crippen LogP contribution in [0.2, 0.25) is 0 Å². The smallest absolute Gasteiger partial charge is 0.436 e. The summed E-state index contributed by atoms with van der Waals surface area (Å²) in [5.41, 5.74) is 1.61. The third-order valence-electron chi connectivity index (χ3n) is 4.30. The van der Waals surface area contributed by atoms with E-state index in [1.54, 1.807) is 12.1 Å². The van der Waals surface area contributed by atoms with Crippen LogP contribution >= 0.6 is 0 Å². The van der Waals surface area contributed by atoms with E-state index >= 15 is 0 Å². The van der Waals surface area contributed by atoms with Gasteiger partial charge in [0.15, 0.2) is 0 Å². The van der Waals surface area contributed by atoms with E-state index in [0.717, 1.165) is 25.1 Å². The SMILES string of the molecule is CC(C)N1CCc2ccc(Oc3nn[nH]c3C(=O)OC(=O)C(F)(F)F)cc2C1. The summed E-state index contributed by atoms with van der Waals surface area (Å²) >= 11 is 0. The molecule has 1 aliphatic rings. The Hall–Kier alpha value is -2.95. The molecule has 0 unspecified atom stereocenters. The molecular formula is C17H17F3N4O4. The molecule has 0 amide bonds. The van der Waals surface area contributed by atoms with Gasteiger partial charge in [0.05, 0.1) is 0 Å². The van der Waals surface area contributed by atoms with E-state index in [2.05, 4.69) is 38.9 Å². The monoisotopic (exact) mass is 398 g/mol. The van der Waals surface area contributed by atoms with Crippen molar-refractivity contribution in [2.75, 3.05) is 6.54 Å². The molecule has 1 aromatic heterocycles. The molecule has 1 aromatic carbocycles. The van der Waals surface area contributed by atoms with Crippen molar-refractivity contribution in [3.05, 3.63) is 35.0 Å². The van der Waals surface area contributed by atoms with Crippen LogP contribution in [0.25, 0.3) is 0 Å². The summed E-state index contributed by atoms with van der Waals surface area (Å²) in [6.07, 6.45) is -4.42. The summed E-state index contributed by atoms with van der Waals surface area (Å²) in [6, 6.07) is 5.69. The summed E-state index contributed by atoms with van der Waals surface area (Å²) in [5, 5.41) is 8.93. The maximum absolute atomic E-state index is 12.2. The van der Waals surface area contributed by atoms with Gasteiger partial charge in [0.25, 0.3) is 5.88 Å². The van der Waals surface area contributed by atoms with E-state index in [0.29, 0.717) is 11.8 Å². The normalized spacial score (nSPS) is 14.6. The molecule has 150 valence electrons. The van der Waals surface area contributed by atoms with Crippen molar-refractivity contribution in [1.29, 1.82) is 0 Å². The molecule has 11 heteroatoms. The Balaban J connectivity index is 1.76. The lowest BCUT2D eigenvalue weighted by Gasteiger charge is -2.32. The van der Waals surface area contributed by atoms with Gasteiger partial charge in [-0.2, -0.15) is 13.2 Å². The third-order valence-corrected chi connectivity index (χ3v) is 4.30. The van der Waals surface area contributed by atoms with Gasteiger partial charge in [-0.1, -0.05) is 16.4 Å². The highest BCUT2D eigenvalue weighted by Crippen LogP contribution is 2.28. The lowest BCUT2D eigenvalue weighted by molar-refractivity contribution is -0.193. The fourth-order valence-corrected chi connectivity index (χ4v) is 2.79. The quantitative estimate of drug-likeness (QED) is 0.625. The maximum atomic E-state index is 12.2. The molecule has 0 saturated carbocycles. The molecule has 0 saturated heterocycles. The molecule has 0 aliphatic carbocycles. The number of benzene rings is 1. The second kappa shape index (κ2) is 7.58. The average molecular weight is 398 g/mol. The van der Waals surface area contributed by atoms with E-state index in [4.69, 9.17) is 4.74 Å². The minimum absolute atomic E-state index is 0.328. The lowest BCUT2D eigenvalue weighted by atomic mass is 9.98. The zero-order valence-electron chi connectivity index (χ0n) is 15.0. The van der Waals surface area contributed by atoms with Crippen LogP contribution in [0, 0.1) is 0 Å². The highest BCUT2D eigenvalue weighted by atomic mass is 19.4. The van der Waals surface area contributed by atoms with E-state index < -0.39 is 29.7 Å². The standard InChI is InChI=1S/C17H17F3N4O4/c1-9(2)24-6-5-10-3-4-12(7-11(10)8-24)27-14-13(21-23-22-14)15(25)28-16(26)17(18,19)20/h3-4,7,9H,5-6,8H2,1-2H3,(H,21,22,23). The summed E-state index contributed by atoms with van der Waals surface area (Å²) < 4.78 is 46.0. The zero-order valence-corrected chi connectivity index (χ0v) is 15.0. The van der Waals surface area contributed by atoms with Gasteiger partial charge in [-0.05, 0) is 43.5 Å². The first-order valence-corrected chi connectivity index (χ1v) is 8.43. The Labute approximate surface area is 157 Å². The van der Waals surface area contributed by atoms with Gasteiger partial charge in [-0.15, -0.1) is 0 Å². The molecule has 0 bridgehead atoms. The van der Waals surface area contributed by atoms with Crippen molar-refractivity contribution >= 4 is 11.9 Å². The number of hydrogen-bond acceptors (Lipinski definition) is 7. The number of carbonyl (C=O) groups is 2. The minimum atomic E-state index is -5.30. The number of rotatable bonds is 4. The number of nitrogens with one attached hydrogen (secondary N) is 1. The average Bonchev–Trinajstić information content (AvgIpc) is 3.08. The van der Waals surface area contributed by atoms with Crippen molar-refractivity contribution in [3.8, 4) is 11.6 Å². The molecule has 8 nitrogen and oxygen atoms in total. The van der Waals surface area contributed by atoms with Crippen LogP contribution in [0.3, 0.4) is 0 Å². The molecule has 1 aliphatic heterocycles. The highest BCUT2D eigenvalue weighted by molar-refractivity contribution is 5.98. The molecule has 0 atom stereocenters. The summed E-state index contributed by atoms with van der Waals surface area (Å²) in [7, 11) is 0. The Bertz CT molecular complexity index is 895. The summed E-state index contributed by atoms with van der Waals surface area (Å²) in [6.45, 7) is 5.86. The van der Waals surface area contributed by atoms with Crippen molar-refractivity contribution in [2.24, 2.45) is 0 Å². The summed E-state index contributed by atoms with van der Waals surface area (Å²) in [5.74, 6) is -4.29. The second-order valence-electron chi connectivity index (χ2n) is 6.51. The molecule has 2 heterocycles. The zero-order chi connectivity index (χ0) is 20.5. The fraction of sp³-hybridized carbons (Fsp3) is 0.412. The third kappa shape index (κ3) is 4.30. The van der Waals surface area contributed by atoms with Crippen molar-refractivity contribution in [3.63, 3.8) is 0 Å². The number of fused-ring (bicyclic) bond motifs is 1. The molecule has 1 N–H and O–H groups in total. The van der Waals surface area contributed by atoms with Crippen LogP contribution in [0.1, 0.15) is 35.5 Å². The number of aromatic nitrogens is 3. The highest BCUT2D eigenvalue weighted by Gasteiger charge is 2.43. The molecular weight excluding hydrogens is 381 g/mol. The largest absolute Gasteiger partial charge is 0.491 e. The first-order chi connectivity index (χ1) is 13.1. The van der Waals surface area contributed by atoms with Gasteiger partial charge in [-0.3, -0.25) is 4.90 Å². The van der Waals surface area contributed by atoms with Crippen LogP contribution in [0.15, 0.2) is 18.2 Å². The van der Waals surface area contributed by atoms with E-state index in [1.165, 1.54) is 5.56 Å². The van der Waals surface area contributed by atoms with Gasteiger partial charge < -0.3 is 9.47 Å². The van der Waals surface area contributed by atoms with Crippen LogP contribution in [-0.4, -0.2) is 51.0 Å². The van der Waals surface area contributed by atoms with Crippen LogP contribution in [-0.2, 0) is 22.5 Å². The molecule has 2 aromatic rings. The molecule has 0 fully saturated rings. The number of carbonyl (C=O) groups excluding carboxylic acids is 2. The molecule has 28 heavy (non-hydrogen) atoms. The Morgan fingerprint density at radius 1 is 1.25 bits per heavy atom. The van der Waals surface area contributed by atoms with E-state index in [-0.39, 0.29) is 0 Å². The predicted molar refractivity (Wildman–Crippen MR) is 88.6 cm³/mol. The number of esters is 2. The van der Waals surface area contributed by atoms with Crippen LogP contribution < -0.4 is 4.74 Å². The molecule has 3 rings (SSSR count). The molecule has 0 spiro atoms. The number of alkyl halides is 3. The van der Waals surface area contributed by atoms with Gasteiger partial charge in [-0.25, -0.2) is 14.7 Å². The van der Waals surface area contributed by atoms with Gasteiger partial charge >= 0.3 is 18.1 Å². The maximum Gasteiger partial charge on any atom is 0.491 e. The molecule has 0 radical (unpaired) electrons. The number of halogens is 3. The van der Waals surface area contributed by atoms with Crippen molar-refractivity contribution < 1.29 is 32.2 Å². The topological polar surface area (TPSA) is 97.4 Å². The Morgan fingerprint density at radius 2 is 2.00 bits per heavy atom. The first kappa shape index (κ1) is 19.8. The van der Waals surface area contributed by atoms with Gasteiger partial charge in [0, 0.05) is 19.1 Å². The van der Waals surface area contributed by atoms with E-state index in [9.17, 15) is 22.8 Å². The number of H-pyrrole nitrogens is 1. The van der Waals surface area contributed by atoms with E-state index in [1.807, 2.05) is 6.07 Å². The van der Waals surface area contributed by atoms with Crippen molar-refractivity contribution in [1.82, 2.24) is 20.3 Å². The first-order valence-electron chi connectivity index (χ1n) is 8.43. The number of aromatic amines is 1. The van der Waals surface area contributed by atoms with Gasteiger partial charge in [0.1, 0.15) is 5.75 Å². The van der Waals surface area contributed by atoms with Crippen LogP contribution in [0.4, 0.5) is 13.2 Å². The summed E-state index contributed by atoms with van der Waals surface area (Å²) in [4.78, 5) is 24.9. The number of hydrogen-bond donors (Lipinski definition) is 1. The Morgan fingerprint density at radius 3 is 2.68 bits per heavy atom. The fourth-order valence-electron chi connectivity index (χ4n) is 2.79. The second-order valence-corrected chi connectivity index (χ2v) is 6.51. The Kier molecular flexibility index (Phi) is 5.36. The van der Waals surface area contributed by atoms with Crippen LogP contribution in [0.5, 0.6) is 11.6 Å². The van der Waals surface area contributed by atoms with Gasteiger partial charge in [0.2, 0.25) is 5.69 Å². The predicted octanol–water partition coefficient (Wildman–Crippen LogP) is 2.61. The lowest BCUT2D eigenvalue weighted by Crippen LogP contribution is -2.35. The van der Waals surface area contributed by atoms with Crippen molar-refractivity contribution in [2.45, 2.75) is 39.0 Å². The minimum Gasteiger partial charge on any atom is -0.436 e. The number of nitrogens with zero attached hydrogens (tertiary/aromatic N) is 3. The number of ether oxygens (including phenoxy) is 2.